The summed E-state index contributed by atoms with van der Waals surface area (Å²) in [5.41, 5.74) is -1.10. The summed E-state index contributed by atoms with van der Waals surface area (Å²) in [5.74, 6) is -0.296. The maximum atomic E-state index is 12.5. The molecule has 0 saturated carbocycles. The van der Waals surface area contributed by atoms with Gasteiger partial charge in [-0.15, -0.1) is 0 Å². The molecule has 4 nitrogen and oxygen atoms in total. The lowest BCUT2D eigenvalue weighted by Crippen LogP contribution is -2.27. The SMILES string of the molecule is CNCC(C)Oc1nc(C(F)(F)F)ccc1C#N. The van der Waals surface area contributed by atoms with Gasteiger partial charge < -0.3 is 10.1 Å². The monoisotopic (exact) mass is 259 g/mol. The molecule has 0 fully saturated rings. The molecule has 1 aromatic heterocycles. The Balaban J connectivity index is 3.04. The minimum atomic E-state index is -4.56. The van der Waals surface area contributed by atoms with Gasteiger partial charge in [-0.3, -0.25) is 0 Å². The van der Waals surface area contributed by atoms with E-state index in [0.717, 1.165) is 12.1 Å². The highest BCUT2D eigenvalue weighted by Gasteiger charge is 2.33. The Morgan fingerprint density at radius 1 is 1.50 bits per heavy atom. The van der Waals surface area contributed by atoms with Crippen molar-refractivity contribution in [3.63, 3.8) is 0 Å². The van der Waals surface area contributed by atoms with Gasteiger partial charge in [-0.1, -0.05) is 0 Å². The Kier molecular flexibility index (Phi) is 4.50. The Morgan fingerprint density at radius 3 is 2.67 bits per heavy atom. The molecule has 0 bridgehead atoms. The van der Waals surface area contributed by atoms with Crippen molar-refractivity contribution in [2.24, 2.45) is 0 Å². The number of hydrogen-bond acceptors (Lipinski definition) is 4. The van der Waals surface area contributed by atoms with Crippen LogP contribution in [0.3, 0.4) is 0 Å². The summed E-state index contributed by atoms with van der Waals surface area (Å²) in [6.45, 7) is 2.10. The van der Waals surface area contributed by atoms with Gasteiger partial charge in [0, 0.05) is 6.54 Å². The van der Waals surface area contributed by atoms with Gasteiger partial charge in [-0.2, -0.15) is 18.4 Å². The highest BCUT2D eigenvalue weighted by Crippen LogP contribution is 2.30. The van der Waals surface area contributed by atoms with Gasteiger partial charge in [0.05, 0.1) is 0 Å². The van der Waals surface area contributed by atoms with E-state index < -0.39 is 18.0 Å². The predicted octanol–water partition coefficient (Wildman–Crippen LogP) is 1.96. The van der Waals surface area contributed by atoms with Crippen LogP contribution in [0, 0.1) is 11.3 Å². The molecule has 0 saturated heterocycles. The highest BCUT2D eigenvalue weighted by atomic mass is 19.4. The third kappa shape index (κ3) is 3.60. The molecule has 1 N–H and O–H groups in total. The maximum absolute atomic E-state index is 12.5. The molecule has 0 aliphatic carbocycles. The second-order valence-electron chi connectivity index (χ2n) is 3.64. The van der Waals surface area contributed by atoms with Gasteiger partial charge in [0.25, 0.3) is 0 Å². The first kappa shape index (κ1) is 14.3. The summed E-state index contributed by atoms with van der Waals surface area (Å²) in [5, 5.41) is 11.6. The summed E-state index contributed by atoms with van der Waals surface area (Å²) < 4.78 is 42.6. The molecule has 0 spiro atoms. The van der Waals surface area contributed by atoms with Crippen LogP contribution < -0.4 is 10.1 Å². The van der Waals surface area contributed by atoms with E-state index in [4.69, 9.17) is 10.00 Å². The molecule has 7 heteroatoms. The second-order valence-corrected chi connectivity index (χ2v) is 3.64. The molecule has 1 heterocycles. The van der Waals surface area contributed by atoms with Gasteiger partial charge in [0.15, 0.2) is 0 Å². The smallest absolute Gasteiger partial charge is 0.433 e. The van der Waals surface area contributed by atoms with Crippen molar-refractivity contribution in [1.82, 2.24) is 10.3 Å². The van der Waals surface area contributed by atoms with Gasteiger partial charge in [0.2, 0.25) is 5.88 Å². The lowest BCUT2D eigenvalue weighted by Gasteiger charge is -2.15. The fraction of sp³-hybridized carbons (Fsp3) is 0.455. The Hall–Kier alpha value is -1.81. The fourth-order valence-corrected chi connectivity index (χ4v) is 1.29. The standard InChI is InChI=1S/C11H12F3N3O/c1-7(6-16-2)18-10-8(5-15)3-4-9(17-10)11(12,13)14/h3-4,7,16H,6H2,1-2H3. The van der Waals surface area contributed by atoms with Gasteiger partial charge >= 0.3 is 6.18 Å². The Bertz CT molecular complexity index is 454. The lowest BCUT2D eigenvalue weighted by molar-refractivity contribution is -0.141. The van der Waals surface area contributed by atoms with Crippen LogP contribution in [0.2, 0.25) is 0 Å². The van der Waals surface area contributed by atoms with Crippen molar-refractivity contribution < 1.29 is 17.9 Å². The summed E-state index contributed by atoms with van der Waals surface area (Å²) in [7, 11) is 1.69. The minimum Gasteiger partial charge on any atom is -0.472 e. The molecule has 98 valence electrons. The number of alkyl halides is 3. The van der Waals surface area contributed by atoms with Crippen LogP contribution in [0.1, 0.15) is 18.2 Å². The van der Waals surface area contributed by atoms with E-state index in [-0.39, 0.29) is 11.4 Å². The van der Waals surface area contributed by atoms with Crippen LogP contribution in [0.4, 0.5) is 13.2 Å². The number of likely N-dealkylation sites (N-methyl/N-ethyl adjacent to an activating group) is 1. The number of nitriles is 1. The summed E-state index contributed by atoms with van der Waals surface area (Å²) in [6.07, 6.45) is -4.95. The fourth-order valence-electron chi connectivity index (χ4n) is 1.29. The molecule has 0 aromatic carbocycles. The van der Waals surface area contributed by atoms with E-state index in [2.05, 4.69) is 10.3 Å². The Labute approximate surface area is 102 Å². The first-order chi connectivity index (χ1) is 8.38. The van der Waals surface area contributed by atoms with E-state index in [1.165, 1.54) is 0 Å². The van der Waals surface area contributed by atoms with Crippen molar-refractivity contribution in [2.75, 3.05) is 13.6 Å². The number of nitrogens with zero attached hydrogens (tertiary/aromatic N) is 2. The van der Waals surface area contributed by atoms with Gasteiger partial charge in [-0.25, -0.2) is 4.98 Å². The number of rotatable bonds is 4. The van der Waals surface area contributed by atoms with Crippen LogP contribution in [-0.2, 0) is 6.18 Å². The van der Waals surface area contributed by atoms with Crippen LogP contribution >= 0.6 is 0 Å². The molecule has 1 unspecified atom stereocenters. The quantitative estimate of drug-likeness (QED) is 0.898. The molecule has 0 aliphatic heterocycles. The number of hydrogen-bond donors (Lipinski definition) is 1. The Morgan fingerprint density at radius 2 is 2.17 bits per heavy atom. The summed E-state index contributed by atoms with van der Waals surface area (Å²) >= 11 is 0. The number of nitrogens with one attached hydrogen (secondary N) is 1. The van der Waals surface area contributed by atoms with Crippen molar-refractivity contribution in [2.45, 2.75) is 19.2 Å². The van der Waals surface area contributed by atoms with Crippen molar-refractivity contribution in [1.29, 1.82) is 5.26 Å². The van der Waals surface area contributed by atoms with Crippen LogP contribution in [0.15, 0.2) is 12.1 Å². The first-order valence-electron chi connectivity index (χ1n) is 5.18. The average Bonchev–Trinajstić information content (AvgIpc) is 2.28. The van der Waals surface area contributed by atoms with Crippen molar-refractivity contribution >= 4 is 0 Å². The van der Waals surface area contributed by atoms with Gasteiger partial charge in [-0.05, 0) is 26.1 Å². The largest absolute Gasteiger partial charge is 0.472 e. The van der Waals surface area contributed by atoms with E-state index in [1.807, 2.05) is 0 Å². The van der Waals surface area contributed by atoms with Crippen LogP contribution in [-0.4, -0.2) is 24.7 Å². The summed E-state index contributed by atoms with van der Waals surface area (Å²) in [6, 6.07) is 3.56. The third-order valence-corrected chi connectivity index (χ3v) is 2.08. The van der Waals surface area contributed by atoms with Gasteiger partial charge in [0.1, 0.15) is 23.4 Å². The average molecular weight is 259 g/mol. The molecule has 0 amide bonds. The molecule has 0 aliphatic rings. The third-order valence-electron chi connectivity index (χ3n) is 2.08. The topological polar surface area (TPSA) is 57.9 Å². The van der Waals surface area contributed by atoms with E-state index >= 15 is 0 Å². The zero-order chi connectivity index (χ0) is 13.8. The molecule has 0 radical (unpaired) electrons. The minimum absolute atomic E-state index is 0.0223. The lowest BCUT2D eigenvalue weighted by atomic mass is 10.2. The molecule has 1 atom stereocenters. The zero-order valence-electron chi connectivity index (χ0n) is 9.88. The first-order valence-corrected chi connectivity index (χ1v) is 5.18. The van der Waals surface area contributed by atoms with E-state index in [1.54, 1.807) is 20.0 Å². The molecular weight excluding hydrogens is 247 g/mol. The van der Waals surface area contributed by atoms with Crippen LogP contribution in [0.5, 0.6) is 5.88 Å². The number of pyridine rings is 1. The van der Waals surface area contributed by atoms with Crippen LogP contribution in [0.25, 0.3) is 0 Å². The molecular formula is C11H12F3N3O. The second kappa shape index (κ2) is 5.69. The number of ether oxygens (including phenoxy) is 1. The maximum Gasteiger partial charge on any atom is 0.433 e. The normalized spacial score (nSPS) is 12.9. The van der Waals surface area contributed by atoms with E-state index in [0.29, 0.717) is 6.54 Å². The van der Waals surface area contributed by atoms with Crippen molar-refractivity contribution in [3.8, 4) is 11.9 Å². The molecule has 1 rings (SSSR count). The van der Waals surface area contributed by atoms with Crippen molar-refractivity contribution in [3.05, 3.63) is 23.4 Å². The number of halogens is 3. The summed E-state index contributed by atoms with van der Waals surface area (Å²) in [4.78, 5) is 3.34. The number of aromatic nitrogens is 1. The highest BCUT2D eigenvalue weighted by molar-refractivity contribution is 5.39. The predicted molar refractivity (Wildman–Crippen MR) is 58.0 cm³/mol. The zero-order valence-corrected chi connectivity index (χ0v) is 9.88. The van der Waals surface area contributed by atoms with E-state index in [9.17, 15) is 13.2 Å². The molecule has 18 heavy (non-hydrogen) atoms. The molecule has 1 aromatic rings.